The highest BCUT2D eigenvalue weighted by molar-refractivity contribution is 7.89. The normalized spacial score (nSPS) is 34.6. The van der Waals surface area contributed by atoms with E-state index < -0.39 is 10.0 Å². The fourth-order valence-electron chi connectivity index (χ4n) is 3.23. The van der Waals surface area contributed by atoms with E-state index in [0.717, 1.165) is 12.8 Å². The molecule has 1 aromatic rings. The van der Waals surface area contributed by atoms with Crippen molar-refractivity contribution in [3.8, 4) is 0 Å². The molecule has 1 saturated heterocycles. The predicted octanol–water partition coefficient (Wildman–Crippen LogP) is 2.81. The minimum Gasteiger partial charge on any atom is -0.207 e. The third kappa shape index (κ3) is 1.63. The molecule has 1 fully saturated rings. The molecule has 19 heavy (non-hydrogen) atoms. The maximum absolute atomic E-state index is 12.7. The molecule has 1 aliphatic heterocycles. The van der Waals surface area contributed by atoms with Gasteiger partial charge in [0.1, 0.15) is 0 Å². The summed E-state index contributed by atoms with van der Waals surface area (Å²) in [4.78, 5) is 0.396. The van der Waals surface area contributed by atoms with Gasteiger partial charge in [-0.05, 0) is 31.9 Å². The van der Waals surface area contributed by atoms with Crippen LogP contribution in [0.4, 0.5) is 0 Å². The van der Waals surface area contributed by atoms with Gasteiger partial charge in [0.2, 0.25) is 10.0 Å². The number of allylic oxidation sites excluding steroid dienone is 1. The van der Waals surface area contributed by atoms with E-state index in [-0.39, 0.29) is 11.0 Å². The fraction of sp³-hybridized carbons (Fsp3) is 0.467. The van der Waals surface area contributed by atoms with Gasteiger partial charge >= 0.3 is 0 Å². The molecule has 3 nitrogen and oxygen atoms in total. The summed E-state index contributed by atoms with van der Waals surface area (Å²) in [5.74, 6) is 0. The standard InChI is InChI=1S/C15H19NO2S/c1-14-10-6-7-11-15(14,2)16(12-14)19(17,18)13-8-4-3-5-9-13/h3-9H,10-12H2,1-2H3/t14-,15+/m0/s1. The lowest BCUT2D eigenvalue weighted by Crippen LogP contribution is -2.73. The molecule has 0 radical (unpaired) electrons. The Bertz CT molecular complexity index is 623. The smallest absolute Gasteiger partial charge is 0.207 e. The Balaban J connectivity index is 2.00. The maximum atomic E-state index is 12.7. The molecule has 2 aliphatic rings. The SMILES string of the molecule is C[C@@]12CC=CC[C@@]1(C)N(S(=O)(=O)c1ccccc1)C2. The zero-order chi connectivity index (χ0) is 13.7. The fourth-order valence-corrected chi connectivity index (χ4v) is 5.27. The van der Waals surface area contributed by atoms with Gasteiger partial charge in [-0.3, -0.25) is 0 Å². The average Bonchev–Trinajstić information content (AvgIpc) is 2.40. The van der Waals surface area contributed by atoms with Crippen molar-refractivity contribution >= 4 is 10.0 Å². The first kappa shape index (κ1) is 12.9. The van der Waals surface area contributed by atoms with Crippen molar-refractivity contribution in [3.63, 3.8) is 0 Å². The summed E-state index contributed by atoms with van der Waals surface area (Å²) < 4.78 is 27.1. The summed E-state index contributed by atoms with van der Waals surface area (Å²) in [5.41, 5.74) is -0.208. The summed E-state index contributed by atoms with van der Waals surface area (Å²) >= 11 is 0. The molecule has 2 atom stereocenters. The van der Waals surface area contributed by atoms with Crippen LogP contribution in [0.3, 0.4) is 0 Å². The molecule has 1 aromatic carbocycles. The maximum Gasteiger partial charge on any atom is 0.243 e. The van der Waals surface area contributed by atoms with Crippen molar-refractivity contribution in [3.05, 3.63) is 42.5 Å². The second-order valence-corrected chi connectivity index (χ2v) is 7.90. The second kappa shape index (κ2) is 3.93. The van der Waals surface area contributed by atoms with E-state index in [9.17, 15) is 8.42 Å². The van der Waals surface area contributed by atoms with Gasteiger partial charge in [0.25, 0.3) is 0 Å². The van der Waals surface area contributed by atoms with Gasteiger partial charge in [-0.2, -0.15) is 4.31 Å². The van der Waals surface area contributed by atoms with Gasteiger partial charge in [0.15, 0.2) is 0 Å². The van der Waals surface area contributed by atoms with Gasteiger partial charge in [-0.25, -0.2) is 8.42 Å². The number of benzene rings is 1. The van der Waals surface area contributed by atoms with Gasteiger partial charge in [0.05, 0.1) is 4.90 Å². The van der Waals surface area contributed by atoms with Crippen LogP contribution >= 0.6 is 0 Å². The number of nitrogens with zero attached hydrogens (tertiary/aromatic N) is 1. The molecule has 3 rings (SSSR count). The largest absolute Gasteiger partial charge is 0.243 e. The van der Waals surface area contributed by atoms with E-state index in [0.29, 0.717) is 11.4 Å². The lowest BCUT2D eigenvalue weighted by molar-refractivity contribution is -0.0807. The van der Waals surface area contributed by atoms with Crippen molar-refractivity contribution in [1.82, 2.24) is 4.31 Å². The van der Waals surface area contributed by atoms with Crippen molar-refractivity contribution in [2.45, 2.75) is 37.1 Å². The van der Waals surface area contributed by atoms with Crippen LogP contribution in [0.2, 0.25) is 0 Å². The van der Waals surface area contributed by atoms with Crippen molar-refractivity contribution in [1.29, 1.82) is 0 Å². The molecule has 1 aliphatic carbocycles. The molecule has 0 unspecified atom stereocenters. The molecule has 0 aromatic heterocycles. The molecule has 0 saturated carbocycles. The number of rotatable bonds is 2. The van der Waals surface area contributed by atoms with Gasteiger partial charge in [0, 0.05) is 17.5 Å². The van der Waals surface area contributed by atoms with Crippen LogP contribution in [0.5, 0.6) is 0 Å². The summed E-state index contributed by atoms with van der Waals surface area (Å²) in [6, 6.07) is 8.73. The van der Waals surface area contributed by atoms with E-state index in [2.05, 4.69) is 26.0 Å². The predicted molar refractivity (Wildman–Crippen MR) is 75.2 cm³/mol. The molecular formula is C15H19NO2S. The number of hydrogen-bond acceptors (Lipinski definition) is 2. The molecular weight excluding hydrogens is 258 g/mol. The van der Waals surface area contributed by atoms with Crippen molar-refractivity contribution in [2.75, 3.05) is 6.54 Å². The van der Waals surface area contributed by atoms with E-state index in [1.54, 1.807) is 28.6 Å². The Labute approximate surface area is 115 Å². The first-order valence-corrected chi connectivity index (χ1v) is 8.07. The molecule has 0 spiro atoms. The van der Waals surface area contributed by atoms with Gasteiger partial charge in [-0.1, -0.05) is 37.3 Å². The third-order valence-corrected chi connectivity index (χ3v) is 6.91. The van der Waals surface area contributed by atoms with Crippen molar-refractivity contribution < 1.29 is 8.42 Å². The molecule has 4 heteroatoms. The topological polar surface area (TPSA) is 37.4 Å². The first-order valence-electron chi connectivity index (χ1n) is 6.63. The highest BCUT2D eigenvalue weighted by Gasteiger charge is 2.62. The number of hydrogen-bond donors (Lipinski definition) is 0. The Kier molecular flexibility index (Phi) is 2.67. The molecule has 0 bridgehead atoms. The Morgan fingerprint density at radius 3 is 2.32 bits per heavy atom. The summed E-state index contributed by atoms with van der Waals surface area (Å²) in [7, 11) is -3.37. The van der Waals surface area contributed by atoms with E-state index in [1.807, 2.05) is 6.07 Å². The summed E-state index contributed by atoms with van der Waals surface area (Å²) in [5, 5.41) is 0. The Hall–Kier alpha value is -1.13. The summed E-state index contributed by atoms with van der Waals surface area (Å²) in [6.07, 6.45) is 6.04. The minimum atomic E-state index is -3.37. The first-order chi connectivity index (χ1) is 8.90. The van der Waals surface area contributed by atoms with E-state index in [4.69, 9.17) is 0 Å². The average molecular weight is 277 g/mol. The highest BCUT2D eigenvalue weighted by Crippen LogP contribution is 2.55. The monoisotopic (exact) mass is 277 g/mol. The molecule has 0 amide bonds. The van der Waals surface area contributed by atoms with Gasteiger partial charge < -0.3 is 0 Å². The third-order valence-electron chi connectivity index (χ3n) is 4.92. The Morgan fingerprint density at radius 2 is 1.68 bits per heavy atom. The van der Waals surface area contributed by atoms with E-state index >= 15 is 0 Å². The van der Waals surface area contributed by atoms with E-state index in [1.165, 1.54) is 0 Å². The lowest BCUT2D eigenvalue weighted by atomic mass is 9.59. The molecule has 102 valence electrons. The zero-order valence-corrected chi connectivity index (χ0v) is 12.2. The molecule has 1 heterocycles. The highest BCUT2D eigenvalue weighted by atomic mass is 32.2. The number of fused-ring (bicyclic) bond motifs is 1. The van der Waals surface area contributed by atoms with Gasteiger partial charge in [-0.15, -0.1) is 0 Å². The quantitative estimate of drug-likeness (QED) is 0.780. The summed E-state index contributed by atoms with van der Waals surface area (Å²) in [6.45, 7) is 4.87. The van der Waals surface area contributed by atoms with Crippen LogP contribution in [0, 0.1) is 5.41 Å². The minimum absolute atomic E-state index is 0.0730. The second-order valence-electron chi connectivity index (χ2n) is 6.04. The number of sulfonamides is 1. The van der Waals surface area contributed by atoms with Crippen LogP contribution in [0.25, 0.3) is 0 Å². The van der Waals surface area contributed by atoms with Crippen LogP contribution in [-0.4, -0.2) is 24.8 Å². The van der Waals surface area contributed by atoms with Crippen LogP contribution in [0.15, 0.2) is 47.4 Å². The lowest BCUT2D eigenvalue weighted by Gasteiger charge is -2.64. The van der Waals surface area contributed by atoms with Crippen LogP contribution in [-0.2, 0) is 10.0 Å². The Morgan fingerprint density at radius 1 is 1.05 bits per heavy atom. The van der Waals surface area contributed by atoms with Crippen molar-refractivity contribution in [2.24, 2.45) is 5.41 Å². The zero-order valence-electron chi connectivity index (χ0n) is 11.3. The van der Waals surface area contributed by atoms with Crippen LogP contribution < -0.4 is 0 Å². The van der Waals surface area contributed by atoms with Crippen LogP contribution in [0.1, 0.15) is 26.7 Å². The molecule has 0 N–H and O–H groups in total.